The molecule has 1 fully saturated rings. The van der Waals surface area contributed by atoms with Gasteiger partial charge in [-0.05, 0) is 30.7 Å². The van der Waals surface area contributed by atoms with Gasteiger partial charge in [-0.3, -0.25) is 0 Å². The van der Waals surface area contributed by atoms with E-state index in [2.05, 4.69) is 5.32 Å². The number of hydrogen-bond donors (Lipinski definition) is 3. The molecule has 1 aliphatic heterocycles. The zero-order chi connectivity index (χ0) is 9.26. The molecule has 0 aromatic heterocycles. The average molecular weight is 216 g/mol. The summed E-state index contributed by atoms with van der Waals surface area (Å²) in [6, 6.07) is 6.98. The molecule has 1 aromatic rings. The molecule has 1 saturated heterocycles. The normalized spacial score (nSPS) is 25.8. The maximum Gasteiger partial charge on any atom is 0.115 e. The quantitative estimate of drug-likeness (QED) is 0.660. The molecule has 0 spiro atoms. The van der Waals surface area contributed by atoms with Crippen LogP contribution in [0.4, 0.5) is 0 Å². The number of aromatic hydroxyl groups is 1. The maximum atomic E-state index is 9.59. The predicted octanol–water partition coefficient (Wildman–Crippen LogP) is 1.21. The molecular formula is C10H14ClNO2. The summed E-state index contributed by atoms with van der Waals surface area (Å²) in [6.07, 6.45) is 0.496. The van der Waals surface area contributed by atoms with E-state index in [1.807, 2.05) is 12.1 Å². The lowest BCUT2D eigenvalue weighted by molar-refractivity contribution is 0.160. The molecule has 1 aromatic carbocycles. The van der Waals surface area contributed by atoms with Crippen molar-refractivity contribution >= 4 is 12.4 Å². The summed E-state index contributed by atoms with van der Waals surface area (Å²) in [4.78, 5) is 0. The van der Waals surface area contributed by atoms with E-state index < -0.39 is 0 Å². The number of nitrogens with one attached hydrogen (secondary N) is 1. The first-order valence-electron chi connectivity index (χ1n) is 4.48. The lowest BCUT2D eigenvalue weighted by atomic mass is 10.0. The Morgan fingerprint density at radius 3 is 2.36 bits per heavy atom. The molecule has 0 radical (unpaired) electrons. The van der Waals surface area contributed by atoms with E-state index in [0.717, 1.165) is 18.5 Å². The molecule has 2 rings (SSSR count). The van der Waals surface area contributed by atoms with Gasteiger partial charge in [0.25, 0.3) is 0 Å². The summed E-state index contributed by atoms with van der Waals surface area (Å²) >= 11 is 0. The van der Waals surface area contributed by atoms with Crippen LogP contribution in [-0.4, -0.2) is 22.9 Å². The Bertz CT molecular complexity index is 289. The second-order valence-electron chi connectivity index (χ2n) is 3.38. The lowest BCUT2D eigenvalue weighted by Crippen LogP contribution is -2.20. The van der Waals surface area contributed by atoms with Crippen molar-refractivity contribution in [2.45, 2.75) is 18.6 Å². The van der Waals surface area contributed by atoms with Crippen molar-refractivity contribution in [1.82, 2.24) is 5.32 Å². The third-order valence-corrected chi connectivity index (χ3v) is 2.44. The summed E-state index contributed by atoms with van der Waals surface area (Å²) in [5.74, 6) is 0.260. The second kappa shape index (κ2) is 4.64. The van der Waals surface area contributed by atoms with Gasteiger partial charge in [0.1, 0.15) is 5.75 Å². The van der Waals surface area contributed by atoms with Crippen molar-refractivity contribution in [2.75, 3.05) is 6.54 Å². The third-order valence-electron chi connectivity index (χ3n) is 2.44. The van der Waals surface area contributed by atoms with Crippen molar-refractivity contribution in [2.24, 2.45) is 0 Å². The van der Waals surface area contributed by atoms with Crippen LogP contribution >= 0.6 is 12.4 Å². The summed E-state index contributed by atoms with van der Waals surface area (Å²) in [5.41, 5.74) is 1.03. The number of aliphatic hydroxyl groups excluding tert-OH is 1. The number of benzene rings is 1. The molecule has 78 valence electrons. The SMILES string of the molecule is Cl.Oc1ccc(C2NCCC2O)cc1. The Kier molecular flexibility index (Phi) is 3.75. The van der Waals surface area contributed by atoms with Crippen LogP contribution in [0.3, 0.4) is 0 Å². The first kappa shape index (κ1) is 11.3. The highest BCUT2D eigenvalue weighted by Gasteiger charge is 2.25. The fraction of sp³-hybridized carbons (Fsp3) is 0.400. The molecule has 1 aliphatic rings. The molecule has 2 atom stereocenters. The van der Waals surface area contributed by atoms with Crippen molar-refractivity contribution < 1.29 is 10.2 Å². The van der Waals surface area contributed by atoms with Gasteiger partial charge < -0.3 is 15.5 Å². The summed E-state index contributed by atoms with van der Waals surface area (Å²) in [5, 5.41) is 21.9. The molecule has 1 heterocycles. The van der Waals surface area contributed by atoms with Crippen LogP contribution in [0, 0.1) is 0 Å². The zero-order valence-electron chi connectivity index (χ0n) is 7.68. The molecule has 0 bridgehead atoms. The standard InChI is InChI=1S/C10H13NO2.ClH/c12-8-3-1-7(2-4-8)10-9(13)5-6-11-10;/h1-4,9-13H,5-6H2;1H. The number of phenols is 1. The minimum absolute atomic E-state index is 0. The van der Waals surface area contributed by atoms with Crippen molar-refractivity contribution in [3.63, 3.8) is 0 Å². The Morgan fingerprint density at radius 2 is 1.86 bits per heavy atom. The highest BCUT2D eigenvalue weighted by molar-refractivity contribution is 5.85. The largest absolute Gasteiger partial charge is 0.508 e. The van der Waals surface area contributed by atoms with Gasteiger partial charge in [0.05, 0.1) is 12.1 Å². The highest BCUT2D eigenvalue weighted by atomic mass is 35.5. The van der Waals surface area contributed by atoms with Crippen molar-refractivity contribution in [3.05, 3.63) is 29.8 Å². The van der Waals surface area contributed by atoms with Crippen molar-refractivity contribution in [3.8, 4) is 5.75 Å². The van der Waals surface area contributed by atoms with Gasteiger partial charge >= 0.3 is 0 Å². The molecule has 0 saturated carbocycles. The number of halogens is 1. The monoisotopic (exact) mass is 215 g/mol. The molecule has 14 heavy (non-hydrogen) atoms. The van der Waals surface area contributed by atoms with E-state index in [1.165, 1.54) is 0 Å². The van der Waals surface area contributed by atoms with Crippen LogP contribution in [0.1, 0.15) is 18.0 Å². The van der Waals surface area contributed by atoms with E-state index in [-0.39, 0.29) is 30.3 Å². The third kappa shape index (κ3) is 2.18. The lowest BCUT2D eigenvalue weighted by Gasteiger charge is -2.14. The van der Waals surface area contributed by atoms with Gasteiger partial charge in [-0.15, -0.1) is 12.4 Å². The van der Waals surface area contributed by atoms with Gasteiger partial charge in [-0.2, -0.15) is 0 Å². The summed E-state index contributed by atoms with van der Waals surface area (Å²) in [6.45, 7) is 0.854. The minimum Gasteiger partial charge on any atom is -0.508 e. The average Bonchev–Trinajstić information content (AvgIpc) is 2.53. The number of phenolic OH excluding ortho intramolecular Hbond substituents is 1. The van der Waals surface area contributed by atoms with Crippen LogP contribution < -0.4 is 5.32 Å². The number of aliphatic hydroxyl groups is 1. The molecule has 0 amide bonds. The van der Waals surface area contributed by atoms with Crippen LogP contribution in [0.2, 0.25) is 0 Å². The van der Waals surface area contributed by atoms with E-state index in [0.29, 0.717) is 0 Å². The number of hydrogen-bond acceptors (Lipinski definition) is 3. The van der Waals surface area contributed by atoms with E-state index in [4.69, 9.17) is 5.11 Å². The van der Waals surface area contributed by atoms with Gasteiger partial charge in [-0.1, -0.05) is 12.1 Å². The van der Waals surface area contributed by atoms with Gasteiger partial charge in [-0.25, -0.2) is 0 Å². The summed E-state index contributed by atoms with van der Waals surface area (Å²) < 4.78 is 0. The van der Waals surface area contributed by atoms with Crippen LogP contribution in [0.25, 0.3) is 0 Å². The highest BCUT2D eigenvalue weighted by Crippen LogP contribution is 2.24. The zero-order valence-corrected chi connectivity index (χ0v) is 8.50. The Labute approximate surface area is 89.2 Å². The minimum atomic E-state index is -0.301. The molecule has 0 aliphatic carbocycles. The second-order valence-corrected chi connectivity index (χ2v) is 3.38. The molecular weight excluding hydrogens is 202 g/mol. The van der Waals surface area contributed by atoms with E-state index >= 15 is 0 Å². The number of rotatable bonds is 1. The Hall–Kier alpha value is -0.770. The first-order valence-corrected chi connectivity index (χ1v) is 4.48. The predicted molar refractivity (Wildman–Crippen MR) is 56.7 cm³/mol. The fourth-order valence-electron chi connectivity index (χ4n) is 1.71. The smallest absolute Gasteiger partial charge is 0.115 e. The summed E-state index contributed by atoms with van der Waals surface area (Å²) in [7, 11) is 0. The van der Waals surface area contributed by atoms with E-state index in [1.54, 1.807) is 12.1 Å². The van der Waals surface area contributed by atoms with Gasteiger partial charge in [0, 0.05) is 0 Å². The maximum absolute atomic E-state index is 9.59. The van der Waals surface area contributed by atoms with Crippen molar-refractivity contribution in [1.29, 1.82) is 0 Å². The fourth-order valence-corrected chi connectivity index (χ4v) is 1.71. The van der Waals surface area contributed by atoms with Gasteiger partial charge in [0.15, 0.2) is 0 Å². The van der Waals surface area contributed by atoms with Crippen LogP contribution in [0.15, 0.2) is 24.3 Å². The first-order chi connectivity index (χ1) is 6.27. The molecule has 2 unspecified atom stereocenters. The van der Waals surface area contributed by atoms with Crippen LogP contribution in [-0.2, 0) is 0 Å². The molecule has 4 heteroatoms. The van der Waals surface area contributed by atoms with Crippen LogP contribution in [0.5, 0.6) is 5.75 Å². The Morgan fingerprint density at radius 1 is 1.21 bits per heavy atom. The van der Waals surface area contributed by atoms with Gasteiger partial charge in [0.2, 0.25) is 0 Å². The van der Waals surface area contributed by atoms with E-state index in [9.17, 15) is 5.11 Å². The topological polar surface area (TPSA) is 52.5 Å². The Balaban J connectivity index is 0.000000980. The molecule has 3 N–H and O–H groups in total. The molecule has 3 nitrogen and oxygen atoms in total.